The number of hydrogen-bond donors (Lipinski definition) is 1. The molecule has 0 heterocycles. The van der Waals surface area contributed by atoms with Crippen LogP contribution in [0.5, 0.6) is 0 Å². The van der Waals surface area contributed by atoms with Gasteiger partial charge in [0.05, 0.1) is 6.10 Å². The zero-order valence-electron chi connectivity index (χ0n) is 13.9. The van der Waals surface area contributed by atoms with Gasteiger partial charge in [-0.2, -0.15) is 0 Å². The molecule has 0 spiro atoms. The van der Waals surface area contributed by atoms with E-state index in [0.717, 1.165) is 12.3 Å². The van der Waals surface area contributed by atoms with Crippen molar-refractivity contribution in [3.63, 3.8) is 0 Å². The first-order valence-corrected chi connectivity index (χ1v) is 8.41. The molecule has 116 valence electrons. The summed E-state index contributed by atoms with van der Waals surface area (Å²) in [7, 11) is 0. The highest BCUT2D eigenvalue weighted by molar-refractivity contribution is 5.63. The topological polar surface area (TPSA) is 20.2 Å². The third-order valence-corrected chi connectivity index (χ3v) is 5.16. The molecule has 1 aliphatic carbocycles. The number of benzene rings is 1. The summed E-state index contributed by atoms with van der Waals surface area (Å²) in [6.07, 6.45) is 5.49. The molecule has 0 radical (unpaired) electrons. The average Bonchev–Trinajstić information content (AvgIpc) is 2.47. The number of aliphatic hydroxyl groups excluding tert-OH is 1. The Morgan fingerprint density at radius 2 is 1.81 bits per heavy atom. The Bertz CT molecular complexity index is 460. The Morgan fingerprint density at radius 3 is 2.43 bits per heavy atom. The van der Waals surface area contributed by atoms with Crippen molar-refractivity contribution in [3.05, 3.63) is 42.0 Å². The molecule has 0 amide bonds. The maximum Gasteiger partial charge on any atom is 0.0757 e. The van der Waals surface area contributed by atoms with E-state index in [9.17, 15) is 5.11 Å². The maximum absolute atomic E-state index is 10.8. The summed E-state index contributed by atoms with van der Waals surface area (Å²) in [5.74, 6) is 2.45. The largest absolute Gasteiger partial charge is 0.389 e. The SMILES string of the molecule is C/C(=C\[C@H](O)[C@@H]1C[C@H](C)CC[C@H]1C(C)C)c1ccccc1. The van der Waals surface area contributed by atoms with Gasteiger partial charge in [-0.15, -0.1) is 0 Å². The monoisotopic (exact) mass is 286 g/mol. The number of rotatable bonds is 4. The van der Waals surface area contributed by atoms with Gasteiger partial charge in [-0.1, -0.05) is 63.6 Å². The Kier molecular flexibility index (Phi) is 5.64. The lowest BCUT2D eigenvalue weighted by Gasteiger charge is -2.39. The summed E-state index contributed by atoms with van der Waals surface area (Å²) in [5.41, 5.74) is 2.39. The van der Waals surface area contributed by atoms with Gasteiger partial charge in [0, 0.05) is 0 Å². The van der Waals surface area contributed by atoms with Gasteiger partial charge in [0.15, 0.2) is 0 Å². The molecule has 0 unspecified atom stereocenters. The summed E-state index contributed by atoms with van der Waals surface area (Å²) >= 11 is 0. The first-order valence-electron chi connectivity index (χ1n) is 8.41. The van der Waals surface area contributed by atoms with Gasteiger partial charge in [0.2, 0.25) is 0 Å². The molecule has 2 rings (SSSR count). The van der Waals surface area contributed by atoms with Crippen LogP contribution in [0.2, 0.25) is 0 Å². The summed E-state index contributed by atoms with van der Waals surface area (Å²) in [6, 6.07) is 10.4. The third kappa shape index (κ3) is 4.20. The molecular formula is C20H30O. The van der Waals surface area contributed by atoms with Crippen molar-refractivity contribution in [3.8, 4) is 0 Å². The van der Waals surface area contributed by atoms with Crippen LogP contribution in [0.15, 0.2) is 36.4 Å². The Morgan fingerprint density at radius 1 is 1.14 bits per heavy atom. The second kappa shape index (κ2) is 7.26. The number of aliphatic hydroxyl groups is 1. The van der Waals surface area contributed by atoms with Crippen LogP contribution in [-0.2, 0) is 0 Å². The van der Waals surface area contributed by atoms with E-state index in [0.29, 0.717) is 17.8 Å². The van der Waals surface area contributed by atoms with E-state index in [2.05, 4.69) is 58.0 Å². The summed E-state index contributed by atoms with van der Waals surface area (Å²) < 4.78 is 0. The van der Waals surface area contributed by atoms with Crippen molar-refractivity contribution < 1.29 is 5.11 Å². The summed E-state index contributed by atoms with van der Waals surface area (Å²) in [6.45, 7) is 9.03. The van der Waals surface area contributed by atoms with E-state index in [1.165, 1.54) is 24.0 Å². The minimum atomic E-state index is -0.319. The fraction of sp³-hybridized carbons (Fsp3) is 0.600. The molecule has 1 heteroatoms. The van der Waals surface area contributed by atoms with Gasteiger partial charge < -0.3 is 5.11 Å². The van der Waals surface area contributed by atoms with E-state index < -0.39 is 0 Å². The third-order valence-electron chi connectivity index (χ3n) is 5.16. The van der Waals surface area contributed by atoms with Gasteiger partial charge in [-0.3, -0.25) is 0 Å². The molecule has 0 bridgehead atoms. The second-order valence-electron chi connectivity index (χ2n) is 7.20. The molecule has 1 fully saturated rings. The highest BCUT2D eigenvalue weighted by Gasteiger charge is 2.34. The van der Waals surface area contributed by atoms with Crippen molar-refractivity contribution >= 4 is 5.57 Å². The zero-order chi connectivity index (χ0) is 15.4. The highest BCUT2D eigenvalue weighted by Crippen LogP contribution is 2.40. The van der Waals surface area contributed by atoms with Gasteiger partial charge in [-0.05, 0) is 54.6 Å². The maximum atomic E-state index is 10.8. The first kappa shape index (κ1) is 16.3. The van der Waals surface area contributed by atoms with Crippen molar-refractivity contribution in [1.29, 1.82) is 0 Å². The van der Waals surface area contributed by atoms with Gasteiger partial charge >= 0.3 is 0 Å². The van der Waals surface area contributed by atoms with Crippen LogP contribution in [0, 0.1) is 23.7 Å². The second-order valence-corrected chi connectivity index (χ2v) is 7.20. The molecule has 1 aliphatic rings. The molecule has 1 N–H and O–H groups in total. The van der Waals surface area contributed by atoms with E-state index in [-0.39, 0.29) is 6.10 Å². The van der Waals surface area contributed by atoms with Crippen molar-refractivity contribution in [2.24, 2.45) is 23.7 Å². The van der Waals surface area contributed by atoms with Crippen LogP contribution in [0.3, 0.4) is 0 Å². The fourth-order valence-electron chi connectivity index (χ4n) is 3.85. The highest BCUT2D eigenvalue weighted by atomic mass is 16.3. The molecule has 1 nitrogen and oxygen atoms in total. The molecular weight excluding hydrogens is 256 g/mol. The summed E-state index contributed by atoms with van der Waals surface area (Å²) in [4.78, 5) is 0. The smallest absolute Gasteiger partial charge is 0.0757 e. The van der Waals surface area contributed by atoms with Gasteiger partial charge in [0.1, 0.15) is 0 Å². The Hall–Kier alpha value is -1.08. The number of hydrogen-bond acceptors (Lipinski definition) is 1. The molecule has 21 heavy (non-hydrogen) atoms. The van der Waals surface area contributed by atoms with Gasteiger partial charge in [0.25, 0.3) is 0 Å². The fourth-order valence-corrected chi connectivity index (χ4v) is 3.85. The normalized spacial score (nSPS) is 28.7. The van der Waals surface area contributed by atoms with E-state index in [1.807, 2.05) is 6.07 Å². The molecule has 4 atom stereocenters. The predicted molar refractivity (Wildman–Crippen MR) is 90.9 cm³/mol. The lowest BCUT2D eigenvalue weighted by molar-refractivity contribution is 0.0429. The van der Waals surface area contributed by atoms with Crippen LogP contribution in [0.25, 0.3) is 5.57 Å². The lowest BCUT2D eigenvalue weighted by atomic mass is 9.68. The van der Waals surface area contributed by atoms with Crippen molar-refractivity contribution in [2.75, 3.05) is 0 Å². The zero-order valence-corrected chi connectivity index (χ0v) is 13.9. The number of allylic oxidation sites excluding steroid dienone is 1. The van der Waals surface area contributed by atoms with Crippen LogP contribution < -0.4 is 0 Å². The minimum Gasteiger partial charge on any atom is -0.389 e. The Balaban J connectivity index is 2.14. The van der Waals surface area contributed by atoms with Crippen molar-refractivity contribution in [1.82, 2.24) is 0 Å². The van der Waals surface area contributed by atoms with Crippen LogP contribution in [0.4, 0.5) is 0 Å². The minimum absolute atomic E-state index is 0.319. The molecule has 0 aromatic heterocycles. The van der Waals surface area contributed by atoms with Crippen LogP contribution in [-0.4, -0.2) is 11.2 Å². The molecule has 0 saturated heterocycles. The average molecular weight is 286 g/mol. The molecule has 1 aromatic carbocycles. The van der Waals surface area contributed by atoms with E-state index >= 15 is 0 Å². The van der Waals surface area contributed by atoms with E-state index in [1.54, 1.807) is 0 Å². The quantitative estimate of drug-likeness (QED) is 0.810. The van der Waals surface area contributed by atoms with E-state index in [4.69, 9.17) is 0 Å². The van der Waals surface area contributed by atoms with Gasteiger partial charge in [-0.25, -0.2) is 0 Å². The first-order chi connectivity index (χ1) is 9.99. The van der Waals surface area contributed by atoms with Crippen LogP contribution in [0.1, 0.15) is 52.5 Å². The Labute approximate surface area is 130 Å². The molecule has 1 saturated carbocycles. The standard InChI is InChI=1S/C20H30O/c1-14(2)18-11-10-15(3)12-19(18)20(21)13-16(4)17-8-6-5-7-9-17/h5-9,13-15,18-21H,10-12H2,1-4H3/b16-13+/t15-,18+,19-,20+/m1/s1. The van der Waals surface area contributed by atoms with Crippen LogP contribution >= 0.6 is 0 Å². The lowest BCUT2D eigenvalue weighted by Crippen LogP contribution is -2.35. The predicted octanol–water partition coefficient (Wildman–Crippen LogP) is 5.16. The molecule has 0 aliphatic heterocycles. The van der Waals surface area contributed by atoms with Crippen molar-refractivity contribution in [2.45, 2.75) is 53.1 Å². The molecule has 1 aromatic rings. The summed E-state index contributed by atoms with van der Waals surface area (Å²) in [5, 5.41) is 10.8.